The van der Waals surface area contributed by atoms with Crippen molar-refractivity contribution < 1.29 is 110 Å². The van der Waals surface area contributed by atoms with Gasteiger partial charge in [-0.25, -0.2) is 0 Å². The van der Waals surface area contributed by atoms with Gasteiger partial charge in [-0.05, 0) is 30.3 Å². The van der Waals surface area contributed by atoms with Crippen molar-refractivity contribution in [3.63, 3.8) is 0 Å². The van der Waals surface area contributed by atoms with Crippen LogP contribution in [-0.2, 0) is 56.0 Å². The molecule has 75 heavy (non-hydrogen) atoms. The molecule has 0 atom stereocenters. The lowest BCUT2D eigenvalue weighted by molar-refractivity contribution is -0.662. The number of para-hydroxylation sites is 1. The summed E-state index contributed by atoms with van der Waals surface area (Å²) in [5, 5.41) is 1.19. The molecule has 0 aliphatic rings. The standard InChI is InChI=1S/C32H12BF24.C16H13NS/c34-25(35,36)13-1-14(26(37,38)39)6-21(5-13)33(22-7-15(27(40,41)42)2-16(8-22)28(43,44)45,23-9-17(29(46,47)48)3-18(10-23)30(49,50)51)24-11-19(31(52,53)54)4-20(12-24)32(55,56)57;18-16-10-11-17(12-13-6-2-1-3-7-13)15-9-5-4-8-14(15)16/h1-12H;1-11H,12H2/q-1;/p+1. The summed E-state index contributed by atoms with van der Waals surface area (Å²) in [7, 11) is 0. The molecule has 0 amide bonds. The highest BCUT2D eigenvalue weighted by Crippen LogP contribution is 2.41. The molecule has 0 aliphatic heterocycles. The Morgan fingerprint density at radius 2 is 0.573 bits per heavy atom. The molecule has 0 saturated carbocycles. The molecule has 7 rings (SSSR count). The van der Waals surface area contributed by atoms with E-state index in [1.54, 1.807) is 0 Å². The van der Waals surface area contributed by atoms with Crippen molar-refractivity contribution in [2.75, 3.05) is 0 Å². The van der Waals surface area contributed by atoms with Crippen molar-refractivity contribution in [2.24, 2.45) is 0 Å². The maximum atomic E-state index is 14.2. The fourth-order valence-corrected chi connectivity index (χ4v) is 8.52. The molecule has 27 heteroatoms. The molecule has 1 nitrogen and oxygen atoms in total. The first-order valence-corrected chi connectivity index (χ1v) is 21.1. The normalized spacial score (nSPS) is 13.5. The van der Waals surface area contributed by atoms with Crippen molar-refractivity contribution >= 4 is 51.5 Å². The second kappa shape index (κ2) is 19.9. The second-order valence-corrected chi connectivity index (χ2v) is 17.0. The smallest absolute Gasteiger partial charge is 0.194 e. The third-order valence-electron chi connectivity index (χ3n) is 11.5. The lowest BCUT2D eigenvalue weighted by atomic mass is 9.12. The summed E-state index contributed by atoms with van der Waals surface area (Å²) < 4.78 is 343. The fraction of sp³-hybridized carbons (Fsp3) is 0.188. The molecule has 0 unspecified atom stereocenters. The zero-order valence-electron chi connectivity index (χ0n) is 36.5. The fourth-order valence-electron chi connectivity index (χ4n) is 8.26. The van der Waals surface area contributed by atoms with Gasteiger partial charge in [-0.1, -0.05) is 91.0 Å². The number of aromatic nitrogens is 1. The molecule has 0 N–H and O–H groups in total. The maximum absolute atomic E-state index is 14.2. The number of hydrogen-bond donors (Lipinski definition) is 1. The summed E-state index contributed by atoms with van der Waals surface area (Å²) in [6.45, 7) is 0.884. The van der Waals surface area contributed by atoms with E-state index < -0.39 is 195 Å². The predicted molar refractivity (Wildman–Crippen MR) is 227 cm³/mol. The second-order valence-electron chi connectivity index (χ2n) is 16.6. The zero-order valence-corrected chi connectivity index (χ0v) is 37.4. The molecule has 0 radical (unpaired) electrons. The number of thiol groups is 1. The van der Waals surface area contributed by atoms with E-state index in [1.165, 1.54) is 16.5 Å². The van der Waals surface area contributed by atoms with E-state index in [2.05, 4.69) is 71.9 Å². The number of halogens is 24. The summed E-state index contributed by atoms with van der Waals surface area (Å²) in [6, 6.07) is 12.1. The maximum Gasteiger partial charge on any atom is 0.416 e. The molecule has 400 valence electrons. The highest BCUT2D eigenvalue weighted by atomic mass is 32.1. The van der Waals surface area contributed by atoms with Gasteiger partial charge < -0.3 is 0 Å². The summed E-state index contributed by atoms with van der Waals surface area (Å²) >= 11 is 4.51. The first-order chi connectivity index (χ1) is 34.1. The van der Waals surface area contributed by atoms with Gasteiger partial charge in [-0.3, -0.25) is 0 Å². The largest absolute Gasteiger partial charge is 0.416 e. The van der Waals surface area contributed by atoms with Crippen molar-refractivity contribution in [3.8, 4) is 0 Å². The van der Waals surface area contributed by atoms with Gasteiger partial charge in [0.15, 0.2) is 12.7 Å². The van der Waals surface area contributed by atoms with Crippen molar-refractivity contribution in [3.05, 3.63) is 190 Å². The molecule has 6 aromatic carbocycles. The third kappa shape index (κ3) is 12.9. The minimum Gasteiger partial charge on any atom is -0.194 e. The molecule has 0 fully saturated rings. The molecule has 0 bridgehead atoms. The number of nitrogens with zero attached hydrogens (tertiary/aromatic N) is 1. The summed E-state index contributed by atoms with van der Waals surface area (Å²) in [5.41, 5.74) is -27.7. The number of rotatable bonds is 6. The van der Waals surface area contributed by atoms with Crippen LogP contribution in [0.1, 0.15) is 50.1 Å². The summed E-state index contributed by atoms with van der Waals surface area (Å²) in [6.07, 6.45) is -52.7. The van der Waals surface area contributed by atoms with Crippen molar-refractivity contribution in [1.82, 2.24) is 0 Å². The van der Waals surface area contributed by atoms with E-state index in [0.29, 0.717) is 0 Å². The van der Waals surface area contributed by atoms with Crippen LogP contribution >= 0.6 is 12.6 Å². The van der Waals surface area contributed by atoms with Crippen LogP contribution in [0.5, 0.6) is 0 Å². The van der Waals surface area contributed by atoms with E-state index in [0.717, 1.165) is 11.4 Å². The minimum atomic E-state index is -6.13. The van der Waals surface area contributed by atoms with Gasteiger partial charge in [0.2, 0.25) is 5.52 Å². The van der Waals surface area contributed by atoms with Crippen LogP contribution in [0.3, 0.4) is 0 Å². The SMILES string of the molecule is FC(F)(F)c1cc([B-](c2cc(C(F)(F)F)cc(C(F)(F)F)c2)(c2cc(C(F)(F)F)cc(C(F)(F)F)c2)c2cc(C(F)(F)F)cc(C(F)(F)F)c2)cc(C(F)(F)F)c1.Sc1cc[n+](Cc2ccccc2)c2ccccc12. The molecule has 1 heterocycles. The average molecular weight is 1120 g/mol. The van der Waals surface area contributed by atoms with E-state index in [1.807, 2.05) is 12.1 Å². The predicted octanol–water partition coefficient (Wildman–Crippen LogP) is 14.7. The Kier molecular flexibility index (Phi) is 15.3. The number of alkyl halides is 24. The molecule has 0 spiro atoms. The van der Waals surface area contributed by atoms with Crippen LogP contribution in [0.4, 0.5) is 105 Å². The minimum absolute atomic E-state index is 0.691. The highest BCUT2D eigenvalue weighted by Gasteiger charge is 2.47. The zero-order chi connectivity index (χ0) is 56.3. The van der Waals surface area contributed by atoms with Gasteiger partial charge in [0, 0.05) is 22.6 Å². The van der Waals surface area contributed by atoms with Crippen molar-refractivity contribution in [1.29, 1.82) is 0 Å². The number of pyridine rings is 1. The number of benzene rings is 6. The quantitative estimate of drug-likeness (QED) is 0.0732. The van der Waals surface area contributed by atoms with Gasteiger partial charge >= 0.3 is 49.4 Å². The molecule has 0 saturated heterocycles. The Labute approximate surface area is 411 Å². The van der Waals surface area contributed by atoms with Gasteiger partial charge in [-0.2, -0.15) is 132 Å². The Balaban J connectivity index is 0.000000421. The van der Waals surface area contributed by atoms with Crippen LogP contribution in [0, 0.1) is 0 Å². The van der Waals surface area contributed by atoms with Crippen LogP contribution in [0.2, 0.25) is 0 Å². The lowest BCUT2D eigenvalue weighted by Crippen LogP contribution is -2.75. The monoisotopic (exact) mass is 1120 g/mol. The van der Waals surface area contributed by atoms with Gasteiger partial charge in [0.05, 0.1) is 49.9 Å². The highest BCUT2D eigenvalue weighted by molar-refractivity contribution is 7.80. The van der Waals surface area contributed by atoms with Crippen molar-refractivity contribution in [2.45, 2.75) is 60.9 Å². The number of hydrogen-bond acceptors (Lipinski definition) is 1. The molecule has 7 aromatic rings. The van der Waals surface area contributed by atoms with E-state index in [9.17, 15) is 105 Å². The van der Waals surface area contributed by atoms with Gasteiger partial charge in [0.25, 0.3) is 0 Å². The van der Waals surface area contributed by atoms with Crippen LogP contribution in [0.15, 0.2) is 145 Å². The van der Waals surface area contributed by atoms with Gasteiger partial charge in [-0.15, -0.1) is 12.6 Å². The molecule has 0 aliphatic carbocycles. The van der Waals surface area contributed by atoms with Crippen LogP contribution < -0.4 is 26.4 Å². The average Bonchev–Trinajstić information content (AvgIpc) is 3.28. The van der Waals surface area contributed by atoms with Crippen LogP contribution in [-0.4, -0.2) is 6.15 Å². The lowest BCUT2D eigenvalue weighted by Gasteiger charge is -2.46. The Morgan fingerprint density at radius 1 is 0.320 bits per heavy atom. The third-order valence-corrected chi connectivity index (χ3v) is 11.9. The van der Waals surface area contributed by atoms with E-state index >= 15 is 0 Å². The molecular weight excluding hydrogens is 1090 g/mol. The van der Waals surface area contributed by atoms with Gasteiger partial charge in [0.1, 0.15) is 6.15 Å². The summed E-state index contributed by atoms with van der Waals surface area (Å²) in [4.78, 5) is 1.02. The Bertz CT molecular complexity index is 2760. The number of fused-ring (bicyclic) bond motifs is 1. The first kappa shape index (κ1) is 57.7. The molecule has 1 aromatic heterocycles. The van der Waals surface area contributed by atoms with E-state index in [-0.39, 0.29) is 0 Å². The van der Waals surface area contributed by atoms with Crippen LogP contribution in [0.25, 0.3) is 10.9 Å². The molecular formula is C48H26BF24NS. The summed E-state index contributed by atoms with van der Waals surface area (Å²) in [5.74, 6) is 0. The van der Waals surface area contributed by atoms with E-state index in [4.69, 9.17) is 0 Å². The Hall–Kier alpha value is -6.54. The topological polar surface area (TPSA) is 3.88 Å². The Morgan fingerprint density at radius 3 is 0.840 bits per heavy atom. The first-order valence-electron chi connectivity index (χ1n) is 20.6.